The van der Waals surface area contributed by atoms with Crippen LogP contribution in [0, 0.1) is 0 Å². The van der Waals surface area contributed by atoms with Crippen molar-refractivity contribution in [2.24, 2.45) is 0 Å². The van der Waals surface area contributed by atoms with E-state index in [1.165, 1.54) is 0 Å². The van der Waals surface area contributed by atoms with Gasteiger partial charge in [0.05, 0.1) is 22.8 Å². The Hall–Kier alpha value is -4.00. The van der Waals surface area contributed by atoms with Gasteiger partial charge in [0.2, 0.25) is 0 Å². The van der Waals surface area contributed by atoms with E-state index in [0.29, 0.717) is 28.8 Å². The number of fused-ring (bicyclic) bond motifs is 1. The Morgan fingerprint density at radius 3 is 2.29 bits per heavy atom. The van der Waals surface area contributed by atoms with Crippen LogP contribution in [-0.4, -0.2) is 44.7 Å². The fourth-order valence-electron chi connectivity index (χ4n) is 3.84. The first-order valence-corrected chi connectivity index (χ1v) is 11.3. The number of nitrogens with zero attached hydrogens (tertiary/aromatic N) is 4. The normalized spacial score (nSPS) is 12.0. The van der Waals surface area contributed by atoms with Gasteiger partial charge >= 0.3 is 5.97 Å². The van der Waals surface area contributed by atoms with Gasteiger partial charge in [0.1, 0.15) is 0 Å². The number of hydrogen-bond acceptors (Lipinski definition) is 5. The number of benzene rings is 2. The first-order valence-electron chi connectivity index (χ1n) is 11.3. The number of esters is 1. The third kappa shape index (κ3) is 4.83. The predicted molar refractivity (Wildman–Crippen MR) is 131 cm³/mol. The van der Waals surface area contributed by atoms with Crippen LogP contribution in [-0.2, 0) is 16.1 Å². The van der Waals surface area contributed by atoms with Crippen LogP contribution in [0.4, 0.5) is 0 Å². The number of likely N-dealkylation sites (N-methyl/N-ethyl adjacent to an activating group) is 1. The quantitative estimate of drug-likeness (QED) is 0.370. The van der Waals surface area contributed by atoms with Crippen LogP contribution in [0.3, 0.4) is 0 Å². The first kappa shape index (κ1) is 23.2. The van der Waals surface area contributed by atoms with Crippen LogP contribution >= 0.6 is 0 Å². The molecule has 0 spiro atoms. The zero-order valence-electron chi connectivity index (χ0n) is 19.8. The fraction of sp³-hybridized carbons (Fsp3) is 0.259. The first-order chi connectivity index (χ1) is 16.3. The molecule has 0 fully saturated rings. The van der Waals surface area contributed by atoms with E-state index in [9.17, 15) is 9.59 Å². The zero-order chi connectivity index (χ0) is 24.2. The van der Waals surface area contributed by atoms with Crippen LogP contribution in [0.5, 0.6) is 0 Å². The number of amides is 1. The van der Waals surface area contributed by atoms with E-state index in [4.69, 9.17) is 9.72 Å². The van der Waals surface area contributed by atoms with E-state index in [-0.39, 0.29) is 11.9 Å². The maximum atomic E-state index is 13.3. The summed E-state index contributed by atoms with van der Waals surface area (Å²) in [7, 11) is 1.70. The highest BCUT2D eigenvalue weighted by Crippen LogP contribution is 2.27. The van der Waals surface area contributed by atoms with E-state index in [2.05, 4.69) is 5.10 Å². The maximum absolute atomic E-state index is 13.3. The van der Waals surface area contributed by atoms with Gasteiger partial charge in [0, 0.05) is 25.2 Å². The second kappa shape index (κ2) is 9.87. The number of pyridine rings is 1. The van der Waals surface area contributed by atoms with Gasteiger partial charge in [-0.3, -0.25) is 4.79 Å². The van der Waals surface area contributed by atoms with Crippen molar-refractivity contribution in [1.82, 2.24) is 19.7 Å². The van der Waals surface area contributed by atoms with Gasteiger partial charge in [-0.2, -0.15) is 5.10 Å². The monoisotopic (exact) mass is 456 g/mol. The van der Waals surface area contributed by atoms with E-state index < -0.39 is 12.1 Å². The molecule has 7 nitrogen and oxygen atoms in total. The molecular weight excluding hydrogens is 428 g/mol. The average Bonchev–Trinajstić information content (AvgIpc) is 3.28. The van der Waals surface area contributed by atoms with Crippen LogP contribution in [0.15, 0.2) is 72.9 Å². The lowest BCUT2D eigenvalue weighted by molar-refractivity contribution is -0.139. The third-order valence-electron chi connectivity index (χ3n) is 5.62. The lowest BCUT2D eigenvalue weighted by atomic mass is 10.1. The Morgan fingerprint density at radius 1 is 1.00 bits per heavy atom. The van der Waals surface area contributed by atoms with Gasteiger partial charge in [-0.15, -0.1) is 0 Å². The van der Waals surface area contributed by atoms with Crippen molar-refractivity contribution in [2.45, 2.75) is 39.5 Å². The van der Waals surface area contributed by atoms with Crippen molar-refractivity contribution in [2.75, 3.05) is 7.05 Å². The largest absolute Gasteiger partial charge is 0.449 e. The highest BCUT2D eigenvalue weighted by Gasteiger charge is 2.25. The topological polar surface area (TPSA) is 77.3 Å². The maximum Gasteiger partial charge on any atom is 0.339 e. The van der Waals surface area contributed by atoms with Gasteiger partial charge in [0.25, 0.3) is 5.91 Å². The second-order valence-corrected chi connectivity index (χ2v) is 8.57. The summed E-state index contributed by atoms with van der Waals surface area (Å²) in [5.41, 5.74) is 3.45. The molecule has 1 amide bonds. The van der Waals surface area contributed by atoms with Crippen molar-refractivity contribution >= 4 is 22.9 Å². The number of carbonyl (C=O) groups excluding carboxylic acids is 2. The SMILES string of the molecule is CC(OC(=O)c1cc(-c2ccccc2)nc2c1cnn2C(C)C)C(=O)N(C)Cc1ccccc1. The van der Waals surface area contributed by atoms with Gasteiger partial charge in [-0.05, 0) is 32.4 Å². The molecule has 0 aliphatic heterocycles. The van der Waals surface area contributed by atoms with Crippen molar-refractivity contribution < 1.29 is 14.3 Å². The average molecular weight is 457 g/mol. The molecular formula is C27H28N4O3. The van der Waals surface area contributed by atoms with Gasteiger partial charge in [-0.25, -0.2) is 14.5 Å². The number of hydrogen-bond donors (Lipinski definition) is 0. The molecule has 0 aliphatic rings. The molecule has 34 heavy (non-hydrogen) atoms. The minimum absolute atomic E-state index is 0.0621. The van der Waals surface area contributed by atoms with Crippen molar-refractivity contribution in [3.8, 4) is 11.3 Å². The highest BCUT2D eigenvalue weighted by molar-refractivity contribution is 6.04. The molecule has 0 aliphatic carbocycles. The smallest absolute Gasteiger partial charge is 0.339 e. The van der Waals surface area contributed by atoms with E-state index in [1.807, 2.05) is 74.5 Å². The molecule has 0 saturated heterocycles. The van der Waals surface area contributed by atoms with Crippen LogP contribution in [0.1, 0.15) is 42.7 Å². The molecule has 0 radical (unpaired) electrons. The summed E-state index contributed by atoms with van der Waals surface area (Å²) in [6.07, 6.45) is 0.687. The molecule has 0 N–H and O–H groups in total. The summed E-state index contributed by atoms with van der Waals surface area (Å²) >= 11 is 0. The van der Waals surface area contributed by atoms with Crippen molar-refractivity contribution in [3.63, 3.8) is 0 Å². The Balaban J connectivity index is 1.62. The minimum Gasteiger partial charge on any atom is -0.449 e. The number of ether oxygens (including phenoxy) is 1. The summed E-state index contributed by atoms with van der Waals surface area (Å²) in [5, 5.41) is 5.03. The van der Waals surface area contributed by atoms with Gasteiger partial charge < -0.3 is 9.64 Å². The summed E-state index contributed by atoms with van der Waals surface area (Å²) in [6, 6.07) is 21.1. The molecule has 2 aromatic carbocycles. The Kier molecular flexibility index (Phi) is 6.72. The molecule has 2 heterocycles. The predicted octanol–water partition coefficient (Wildman–Crippen LogP) is 4.88. The van der Waals surface area contributed by atoms with Crippen LogP contribution < -0.4 is 0 Å². The van der Waals surface area contributed by atoms with E-state index >= 15 is 0 Å². The molecule has 4 aromatic rings. The Bertz CT molecular complexity index is 1300. The molecule has 174 valence electrons. The lowest BCUT2D eigenvalue weighted by Gasteiger charge is -2.21. The number of carbonyl (C=O) groups is 2. The Labute approximate surface area is 199 Å². The van der Waals surface area contributed by atoms with E-state index in [1.54, 1.807) is 35.8 Å². The summed E-state index contributed by atoms with van der Waals surface area (Å²) in [5.74, 6) is -0.856. The molecule has 1 atom stereocenters. The van der Waals surface area contributed by atoms with Gasteiger partial charge in [0.15, 0.2) is 11.8 Å². The third-order valence-corrected chi connectivity index (χ3v) is 5.62. The molecule has 4 rings (SSSR count). The van der Waals surface area contributed by atoms with Crippen LogP contribution in [0.25, 0.3) is 22.3 Å². The van der Waals surface area contributed by atoms with Gasteiger partial charge in [-0.1, -0.05) is 60.7 Å². The summed E-state index contributed by atoms with van der Waals surface area (Å²) in [6.45, 7) is 6.03. The van der Waals surface area contributed by atoms with E-state index in [0.717, 1.165) is 11.1 Å². The minimum atomic E-state index is -0.940. The standard InChI is InChI=1S/C27H28N4O3/c1-18(2)31-25-23(16-28-31)22(15-24(29-25)21-13-9-6-10-14-21)27(33)34-19(3)26(32)30(4)17-20-11-7-5-8-12-20/h5-16,18-19H,17H2,1-4H3. The summed E-state index contributed by atoms with van der Waals surface area (Å²) in [4.78, 5) is 32.5. The lowest BCUT2D eigenvalue weighted by Crippen LogP contribution is -2.37. The molecule has 1 unspecified atom stereocenters. The van der Waals surface area contributed by atoms with Crippen molar-refractivity contribution in [3.05, 3.63) is 84.1 Å². The number of rotatable bonds is 7. The fourth-order valence-corrected chi connectivity index (χ4v) is 3.84. The molecule has 2 aromatic heterocycles. The Morgan fingerprint density at radius 2 is 1.65 bits per heavy atom. The molecule has 7 heteroatoms. The summed E-state index contributed by atoms with van der Waals surface area (Å²) < 4.78 is 7.41. The highest BCUT2D eigenvalue weighted by atomic mass is 16.5. The van der Waals surface area contributed by atoms with Crippen molar-refractivity contribution in [1.29, 1.82) is 0 Å². The molecule has 0 saturated carbocycles. The molecule has 0 bridgehead atoms. The van der Waals surface area contributed by atoms with Crippen LogP contribution in [0.2, 0.25) is 0 Å². The zero-order valence-corrected chi connectivity index (χ0v) is 19.8. The second-order valence-electron chi connectivity index (χ2n) is 8.57. The number of aromatic nitrogens is 3.